The Bertz CT molecular complexity index is 611. The van der Waals surface area contributed by atoms with E-state index in [-0.39, 0.29) is 29.3 Å². The van der Waals surface area contributed by atoms with Gasteiger partial charge in [0.05, 0.1) is 12.7 Å². The molecule has 1 heterocycles. The van der Waals surface area contributed by atoms with Crippen molar-refractivity contribution in [2.24, 2.45) is 28.9 Å². The molecule has 5 rings (SSSR count). The molecule has 2 bridgehead atoms. The second-order valence-corrected chi connectivity index (χ2v) is 7.65. The predicted octanol–water partition coefficient (Wildman–Crippen LogP) is 1.44. The van der Waals surface area contributed by atoms with Gasteiger partial charge in [-0.25, -0.2) is 0 Å². The molecule has 22 heavy (non-hydrogen) atoms. The van der Waals surface area contributed by atoms with Crippen molar-refractivity contribution >= 4 is 5.91 Å². The molecule has 4 heteroatoms. The van der Waals surface area contributed by atoms with E-state index in [1.807, 2.05) is 18.2 Å². The Hall–Kier alpha value is -1.39. The Kier molecular flexibility index (Phi) is 2.57. The SMILES string of the molecule is N[C@@H]1[C@@H]2NC(=O)[C@@H]3C[C@H]1C1(CC(OCc4ccccc4)C1)[C@@H]23. The normalized spacial score (nSPS) is 47.8. The van der Waals surface area contributed by atoms with Crippen LogP contribution in [-0.2, 0) is 16.1 Å². The van der Waals surface area contributed by atoms with Crippen molar-refractivity contribution in [3.63, 3.8) is 0 Å². The highest BCUT2D eigenvalue weighted by Crippen LogP contribution is 2.70. The second kappa shape index (κ2) is 4.33. The van der Waals surface area contributed by atoms with Crippen LogP contribution < -0.4 is 11.1 Å². The Balaban J connectivity index is 1.27. The molecule has 1 aliphatic heterocycles. The molecule has 1 saturated heterocycles. The number of carbonyl (C=O) groups is 1. The van der Waals surface area contributed by atoms with Gasteiger partial charge in [0.25, 0.3) is 0 Å². The molecule has 4 aliphatic rings. The lowest BCUT2D eigenvalue weighted by molar-refractivity contribution is -0.125. The number of hydrogen-bond donors (Lipinski definition) is 2. The van der Waals surface area contributed by atoms with Crippen LogP contribution in [0.5, 0.6) is 0 Å². The van der Waals surface area contributed by atoms with Gasteiger partial charge in [-0.2, -0.15) is 0 Å². The van der Waals surface area contributed by atoms with Crippen LogP contribution in [0.1, 0.15) is 24.8 Å². The molecule has 116 valence electrons. The van der Waals surface area contributed by atoms with Gasteiger partial charge in [-0.15, -0.1) is 0 Å². The highest BCUT2D eigenvalue weighted by molar-refractivity contribution is 5.83. The van der Waals surface area contributed by atoms with Crippen molar-refractivity contribution in [2.45, 2.75) is 44.1 Å². The zero-order valence-electron chi connectivity index (χ0n) is 12.6. The van der Waals surface area contributed by atoms with Crippen LogP contribution >= 0.6 is 0 Å². The van der Waals surface area contributed by atoms with E-state index in [9.17, 15) is 4.79 Å². The summed E-state index contributed by atoms with van der Waals surface area (Å²) in [4.78, 5) is 12.1. The molecule has 1 aromatic rings. The van der Waals surface area contributed by atoms with Crippen LogP contribution in [0.25, 0.3) is 0 Å². The summed E-state index contributed by atoms with van der Waals surface area (Å²) in [5, 5.41) is 3.15. The third kappa shape index (κ3) is 1.52. The van der Waals surface area contributed by atoms with Gasteiger partial charge in [0.2, 0.25) is 5.91 Å². The van der Waals surface area contributed by atoms with Crippen LogP contribution in [0.3, 0.4) is 0 Å². The van der Waals surface area contributed by atoms with Crippen molar-refractivity contribution in [3.8, 4) is 0 Å². The first kappa shape index (κ1) is 13.1. The zero-order chi connectivity index (χ0) is 14.9. The topological polar surface area (TPSA) is 64.3 Å². The highest BCUT2D eigenvalue weighted by atomic mass is 16.5. The third-order valence-corrected chi connectivity index (χ3v) is 6.80. The number of rotatable bonds is 3. The van der Waals surface area contributed by atoms with Crippen molar-refractivity contribution < 1.29 is 9.53 Å². The maximum absolute atomic E-state index is 12.1. The highest BCUT2D eigenvalue weighted by Gasteiger charge is 2.74. The van der Waals surface area contributed by atoms with Gasteiger partial charge in [-0.05, 0) is 42.1 Å². The van der Waals surface area contributed by atoms with E-state index in [2.05, 4.69) is 17.4 Å². The summed E-state index contributed by atoms with van der Waals surface area (Å²) in [6.07, 6.45) is 3.51. The molecular formula is C18H22N2O2. The predicted molar refractivity (Wildman–Crippen MR) is 81.7 cm³/mol. The van der Waals surface area contributed by atoms with Crippen molar-refractivity contribution in [1.29, 1.82) is 0 Å². The number of nitrogens with one attached hydrogen (secondary N) is 1. The summed E-state index contributed by atoms with van der Waals surface area (Å²) >= 11 is 0. The average molecular weight is 298 g/mol. The van der Waals surface area contributed by atoms with Gasteiger partial charge in [-0.1, -0.05) is 30.3 Å². The summed E-state index contributed by atoms with van der Waals surface area (Å²) in [5.41, 5.74) is 7.92. The molecule has 3 aliphatic carbocycles. The summed E-state index contributed by atoms with van der Waals surface area (Å²) < 4.78 is 6.08. The van der Waals surface area contributed by atoms with Gasteiger partial charge in [0, 0.05) is 18.0 Å². The molecule has 1 aromatic carbocycles. The minimum atomic E-state index is 0.155. The first-order chi connectivity index (χ1) is 10.7. The standard InChI is InChI=1S/C18H22N2O2/c19-15-13-6-12-14(16(15)20-17(12)21)18(13)7-11(8-18)22-9-10-4-2-1-3-5-10/h1-5,11-16H,6-9,19H2,(H,20,21)/t11?,12-,13-,14-,15+,16-,18?/m1/s1. The van der Waals surface area contributed by atoms with Crippen LogP contribution in [0.2, 0.25) is 0 Å². The first-order valence-electron chi connectivity index (χ1n) is 8.40. The lowest BCUT2D eigenvalue weighted by atomic mass is 9.59. The Morgan fingerprint density at radius 3 is 2.82 bits per heavy atom. The minimum Gasteiger partial charge on any atom is -0.374 e. The Morgan fingerprint density at radius 2 is 2.05 bits per heavy atom. The maximum atomic E-state index is 12.1. The fourth-order valence-corrected chi connectivity index (χ4v) is 5.94. The second-order valence-electron chi connectivity index (χ2n) is 7.65. The van der Waals surface area contributed by atoms with E-state index < -0.39 is 0 Å². The van der Waals surface area contributed by atoms with Crippen LogP contribution in [0.4, 0.5) is 0 Å². The number of ether oxygens (including phenoxy) is 1. The lowest BCUT2D eigenvalue weighted by Gasteiger charge is -2.49. The monoisotopic (exact) mass is 298 g/mol. The maximum Gasteiger partial charge on any atom is 0.223 e. The lowest BCUT2D eigenvalue weighted by Crippen LogP contribution is -2.47. The van der Waals surface area contributed by atoms with E-state index in [4.69, 9.17) is 10.5 Å². The number of nitrogens with two attached hydrogens (primary N) is 1. The van der Waals surface area contributed by atoms with Gasteiger partial charge < -0.3 is 15.8 Å². The fraction of sp³-hybridized carbons (Fsp3) is 0.611. The quantitative estimate of drug-likeness (QED) is 0.887. The fourth-order valence-electron chi connectivity index (χ4n) is 5.94. The molecule has 5 atom stereocenters. The van der Waals surface area contributed by atoms with Gasteiger partial charge in [-0.3, -0.25) is 4.79 Å². The van der Waals surface area contributed by atoms with E-state index in [1.165, 1.54) is 5.56 Å². The van der Waals surface area contributed by atoms with Crippen molar-refractivity contribution in [1.82, 2.24) is 5.32 Å². The Morgan fingerprint density at radius 1 is 1.27 bits per heavy atom. The molecule has 3 N–H and O–H groups in total. The molecule has 0 unspecified atom stereocenters. The van der Waals surface area contributed by atoms with E-state index in [0.29, 0.717) is 24.5 Å². The number of carbonyl (C=O) groups excluding carboxylic acids is 1. The summed E-state index contributed by atoms with van der Waals surface area (Å²) in [7, 11) is 0. The smallest absolute Gasteiger partial charge is 0.223 e. The molecular weight excluding hydrogens is 276 g/mol. The van der Waals surface area contributed by atoms with Crippen LogP contribution in [0.15, 0.2) is 30.3 Å². The molecule has 4 fully saturated rings. The number of hydrogen-bond acceptors (Lipinski definition) is 3. The molecule has 1 amide bonds. The Labute approximate surface area is 130 Å². The van der Waals surface area contributed by atoms with Gasteiger partial charge in [0.15, 0.2) is 0 Å². The summed E-state index contributed by atoms with van der Waals surface area (Å²) in [6.45, 7) is 0.688. The average Bonchev–Trinajstić information content (AvgIpc) is 3.04. The molecule has 0 radical (unpaired) electrons. The van der Waals surface area contributed by atoms with Crippen LogP contribution in [-0.4, -0.2) is 24.1 Å². The minimum absolute atomic E-state index is 0.155. The zero-order valence-corrected chi connectivity index (χ0v) is 12.6. The summed E-state index contributed by atoms with van der Waals surface area (Å²) in [5.74, 6) is 1.46. The van der Waals surface area contributed by atoms with Gasteiger partial charge >= 0.3 is 0 Å². The molecule has 4 nitrogen and oxygen atoms in total. The first-order valence-corrected chi connectivity index (χ1v) is 8.40. The van der Waals surface area contributed by atoms with Gasteiger partial charge in [0.1, 0.15) is 0 Å². The van der Waals surface area contributed by atoms with Crippen LogP contribution in [0, 0.1) is 23.2 Å². The van der Waals surface area contributed by atoms with E-state index in [1.54, 1.807) is 0 Å². The third-order valence-electron chi connectivity index (χ3n) is 6.80. The van der Waals surface area contributed by atoms with E-state index >= 15 is 0 Å². The molecule has 1 spiro atoms. The molecule has 0 aromatic heterocycles. The van der Waals surface area contributed by atoms with E-state index in [0.717, 1.165) is 19.3 Å². The summed E-state index contributed by atoms with van der Waals surface area (Å²) in [6, 6.07) is 10.7. The largest absolute Gasteiger partial charge is 0.374 e. The van der Waals surface area contributed by atoms with Crippen molar-refractivity contribution in [2.75, 3.05) is 0 Å². The number of amides is 1. The molecule has 3 saturated carbocycles. The van der Waals surface area contributed by atoms with Crippen molar-refractivity contribution in [3.05, 3.63) is 35.9 Å². The number of benzene rings is 1.